The van der Waals surface area contributed by atoms with E-state index >= 15 is 0 Å². The van der Waals surface area contributed by atoms with Gasteiger partial charge in [-0.05, 0) is 36.5 Å². The second-order valence-corrected chi connectivity index (χ2v) is 4.21. The van der Waals surface area contributed by atoms with E-state index in [0.29, 0.717) is 0 Å². The standard InChI is InChI=1S/C12H17Cl/c1-4-9(2)7-11-5-6-12(13)10(3)8-11/h5-6,8-9H,4,7H2,1-3H3/t9-/m0/s1. The van der Waals surface area contributed by atoms with Crippen LogP contribution in [0.3, 0.4) is 0 Å². The largest absolute Gasteiger partial charge is 0.0841 e. The molecule has 1 aromatic carbocycles. The highest BCUT2D eigenvalue weighted by atomic mass is 35.5. The van der Waals surface area contributed by atoms with Crippen LogP contribution in [0.4, 0.5) is 0 Å². The molecule has 0 aliphatic rings. The summed E-state index contributed by atoms with van der Waals surface area (Å²) in [6, 6.07) is 6.31. The SMILES string of the molecule is CC[C@H](C)Cc1ccc(Cl)c(C)c1. The molecule has 0 bridgehead atoms. The third-order valence-electron chi connectivity index (χ3n) is 2.50. The van der Waals surface area contributed by atoms with E-state index in [9.17, 15) is 0 Å². The molecule has 0 nitrogen and oxygen atoms in total. The number of benzene rings is 1. The fourth-order valence-electron chi connectivity index (χ4n) is 1.38. The van der Waals surface area contributed by atoms with Crippen LogP contribution in [0.15, 0.2) is 18.2 Å². The fourth-order valence-corrected chi connectivity index (χ4v) is 1.50. The quantitative estimate of drug-likeness (QED) is 0.679. The topological polar surface area (TPSA) is 0 Å². The zero-order valence-corrected chi connectivity index (χ0v) is 9.36. The van der Waals surface area contributed by atoms with Crippen molar-refractivity contribution in [2.75, 3.05) is 0 Å². The van der Waals surface area contributed by atoms with Gasteiger partial charge in [0.2, 0.25) is 0 Å². The van der Waals surface area contributed by atoms with Crippen LogP contribution < -0.4 is 0 Å². The summed E-state index contributed by atoms with van der Waals surface area (Å²) in [7, 11) is 0. The summed E-state index contributed by atoms with van der Waals surface area (Å²) in [5, 5.41) is 0.868. The Kier molecular flexibility index (Phi) is 3.80. The van der Waals surface area contributed by atoms with E-state index < -0.39 is 0 Å². The first kappa shape index (κ1) is 10.6. The van der Waals surface area contributed by atoms with Crippen LogP contribution in [0.1, 0.15) is 31.4 Å². The van der Waals surface area contributed by atoms with Crippen LogP contribution in [0.2, 0.25) is 5.02 Å². The third kappa shape index (κ3) is 3.04. The first-order valence-electron chi connectivity index (χ1n) is 4.88. The molecule has 0 aromatic heterocycles. The molecule has 0 saturated carbocycles. The number of halogens is 1. The Morgan fingerprint density at radius 3 is 2.62 bits per heavy atom. The molecule has 0 saturated heterocycles. The first-order valence-corrected chi connectivity index (χ1v) is 5.26. The molecule has 0 aliphatic heterocycles. The Balaban J connectivity index is 2.73. The Hall–Kier alpha value is -0.490. The van der Waals surface area contributed by atoms with Gasteiger partial charge in [-0.15, -0.1) is 0 Å². The minimum Gasteiger partial charge on any atom is -0.0841 e. The van der Waals surface area contributed by atoms with Gasteiger partial charge < -0.3 is 0 Å². The molecule has 0 aliphatic carbocycles. The minimum atomic E-state index is 0.764. The van der Waals surface area contributed by atoms with E-state index in [1.54, 1.807) is 0 Å². The van der Waals surface area contributed by atoms with Crippen molar-refractivity contribution >= 4 is 11.6 Å². The summed E-state index contributed by atoms with van der Waals surface area (Å²) in [4.78, 5) is 0. The van der Waals surface area contributed by atoms with Crippen molar-refractivity contribution in [1.82, 2.24) is 0 Å². The van der Waals surface area contributed by atoms with Crippen molar-refractivity contribution < 1.29 is 0 Å². The molecule has 1 heteroatoms. The van der Waals surface area contributed by atoms with Crippen molar-refractivity contribution in [3.05, 3.63) is 34.3 Å². The molecule has 0 fully saturated rings. The number of hydrogen-bond donors (Lipinski definition) is 0. The van der Waals surface area contributed by atoms with Crippen LogP contribution in [-0.4, -0.2) is 0 Å². The maximum Gasteiger partial charge on any atom is 0.0435 e. The van der Waals surface area contributed by atoms with Gasteiger partial charge in [0, 0.05) is 5.02 Å². The maximum atomic E-state index is 5.95. The van der Waals surface area contributed by atoms with Gasteiger partial charge in [0.25, 0.3) is 0 Å². The highest BCUT2D eigenvalue weighted by Gasteiger charge is 2.02. The van der Waals surface area contributed by atoms with Crippen molar-refractivity contribution in [1.29, 1.82) is 0 Å². The second kappa shape index (κ2) is 4.66. The summed E-state index contributed by atoms with van der Waals surface area (Å²) in [5.74, 6) is 0.764. The van der Waals surface area contributed by atoms with Gasteiger partial charge in [0.15, 0.2) is 0 Å². The maximum absolute atomic E-state index is 5.95. The van der Waals surface area contributed by atoms with Crippen molar-refractivity contribution in [2.24, 2.45) is 5.92 Å². The molecular weight excluding hydrogens is 180 g/mol. The van der Waals surface area contributed by atoms with Crippen LogP contribution in [-0.2, 0) is 6.42 Å². The Bertz CT molecular complexity index is 278. The van der Waals surface area contributed by atoms with Crippen LogP contribution >= 0.6 is 11.6 Å². The molecule has 72 valence electrons. The van der Waals surface area contributed by atoms with Gasteiger partial charge in [-0.1, -0.05) is 44.0 Å². The number of rotatable bonds is 3. The van der Waals surface area contributed by atoms with Gasteiger partial charge in [0.05, 0.1) is 0 Å². The molecule has 13 heavy (non-hydrogen) atoms. The lowest BCUT2D eigenvalue weighted by atomic mass is 9.98. The zero-order valence-electron chi connectivity index (χ0n) is 8.60. The Morgan fingerprint density at radius 2 is 2.08 bits per heavy atom. The van der Waals surface area contributed by atoms with E-state index in [1.807, 2.05) is 6.07 Å². The van der Waals surface area contributed by atoms with E-state index in [-0.39, 0.29) is 0 Å². The summed E-state index contributed by atoms with van der Waals surface area (Å²) in [5.41, 5.74) is 2.58. The summed E-state index contributed by atoms with van der Waals surface area (Å²) in [6.45, 7) is 6.57. The van der Waals surface area contributed by atoms with E-state index in [0.717, 1.165) is 17.4 Å². The summed E-state index contributed by atoms with van der Waals surface area (Å²) < 4.78 is 0. The van der Waals surface area contributed by atoms with Crippen LogP contribution in [0, 0.1) is 12.8 Å². The highest BCUT2D eigenvalue weighted by molar-refractivity contribution is 6.31. The first-order chi connectivity index (χ1) is 6.13. The molecule has 0 N–H and O–H groups in total. The molecule has 0 heterocycles. The van der Waals surface area contributed by atoms with E-state index in [4.69, 9.17) is 11.6 Å². The monoisotopic (exact) mass is 196 g/mol. The van der Waals surface area contributed by atoms with Crippen molar-refractivity contribution in [2.45, 2.75) is 33.6 Å². The normalized spacial score (nSPS) is 12.9. The predicted molar refractivity (Wildman–Crippen MR) is 59.3 cm³/mol. The van der Waals surface area contributed by atoms with Gasteiger partial charge in [-0.2, -0.15) is 0 Å². The van der Waals surface area contributed by atoms with E-state index in [1.165, 1.54) is 17.5 Å². The molecular formula is C12H17Cl. The third-order valence-corrected chi connectivity index (χ3v) is 2.93. The molecule has 0 amide bonds. The van der Waals surface area contributed by atoms with Gasteiger partial charge >= 0.3 is 0 Å². The average molecular weight is 197 g/mol. The molecule has 1 atom stereocenters. The van der Waals surface area contributed by atoms with Crippen molar-refractivity contribution in [3.8, 4) is 0 Å². The zero-order chi connectivity index (χ0) is 9.84. The summed E-state index contributed by atoms with van der Waals surface area (Å²) >= 11 is 5.95. The molecule has 0 spiro atoms. The van der Waals surface area contributed by atoms with Gasteiger partial charge in [0.1, 0.15) is 0 Å². The van der Waals surface area contributed by atoms with Gasteiger partial charge in [-0.25, -0.2) is 0 Å². The molecule has 1 rings (SSSR count). The van der Waals surface area contributed by atoms with E-state index in [2.05, 4.69) is 32.9 Å². The Labute approximate surface area is 85.9 Å². The summed E-state index contributed by atoms with van der Waals surface area (Å²) in [6.07, 6.45) is 2.40. The number of aryl methyl sites for hydroxylation is 1. The van der Waals surface area contributed by atoms with Gasteiger partial charge in [-0.3, -0.25) is 0 Å². The molecule has 1 aromatic rings. The molecule has 0 radical (unpaired) electrons. The second-order valence-electron chi connectivity index (χ2n) is 3.80. The molecule has 0 unspecified atom stereocenters. The highest BCUT2D eigenvalue weighted by Crippen LogP contribution is 2.19. The smallest absolute Gasteiger partial charge is 0.0435 e. The average Bonchev–Trinajstić information content (AvgIpc) is 2.11. The fraction of sp³-hybridized carbons (Fsp3) is 0.500. The lowest BCUT2D eigenvalue weighted by Gasteiger charge is -2.09. The number of hydrogen-bond acceptors (Lipinski definition) is 0. The predicted octanol–water partition coefficient (Wildman–Crippen LogP) is 4.24. The van der Waals surface area contributed by atoms with Crippen LogP contribution in [0.25, 0.3) is 0 Å². The lowest BCUT2D eigenvalue weighted by Crippen LogP contribution is -1.97. The van der Waals surface area contributed by atoms with Crippen LogP contribution in [0.5, 0.6) is 0 Å². The Morgan fingerprint density at radius 1 is 1.38 bits per heavy atom. The minimum absolute atomic E-state index is 0.764. The lowest BCUT2D eigenvalue weighted by molar-refractivity contribution is 0.560. The van der Waals surface area contributed by atoms with Crippen molar-refractivity contribution in [3.63, 3.8) is 0 Å².